The van der Waals surface area contributed by atoms with Crippen LogP contribution in [0.3, 0.4) is 0 Å². The molecule has 5 nitrogen and oxygen atoms in total. The molecule has 1 atom stereocenters. The van der Waals surface area contributed by atoms with Gasteiger partial charge in [0.05, 0.1) is 26.7 Å². The van der Waals surface area contributed by atoms with Gasteiger partial charge in [0.1, 0.15) is 12.4 Å². The summed E-state index contributed by atoms with van der Waals surface area (Å²) in [5.41, 5.74) is 7.86. The molecule has 0 fully saturated rings. The Morgan fingerprint density at radius 1 is 1.04 bits per heavy atom. The molecule has 0 bridgehead atoms. The van der Waals surface area contributed by atoms with Gasteiger partial charge in [-0.15, -0.1) is 12.4 Å². The summed E-state index contributed by atoms with van der Waals surface area (Å²) in [6, 6.07) is 15.0. The van der Waals surface area contributed by atoms with Gasteiger partial charge in [-0.3, -0.25) is 0 Å². The van der Waals surface area contributed by atoms with E-state index in [1.54, 1.807) is 26.4 Å². The van der Waals surface area contributed by atoms with Crippen LogP contribution in [0.5, 0.6) is 17.2 Å². The van der Waals surface area contributed by atoms with E-state index in [-0.39, 0.29) is 18.8 Å². The van der Waals surface area contributed by atoms with Crippen LogP contribution in [0.4, 0.5) is 0 Å². The van der Waals surface area contributed by atoms with Crippen LogP contribution < -0.4 is 19.9 Å². The molecule has 0 saturated heterocycles. The Kier molecular flexibility index (Phi) is 7.90. The molecule has 0 aromatic heterocycles. The molecule has 2 N–H and O–H groups in total. The van der Waals surface area contributed by atoms with E-state index in [9.17, 15) is 0 Å². The highest BCUT2D eigenvalue weighted by molar-refractivity contribution is 5.85. The SMILES string of the molecule is COc1cc(OCc2ccccc2)c([C@@H](N)CC#N)cc1OC.Cl. The predicted octanol–water partition coefficient (Wildman–Crippen LogP) is 3.62. The largest absolute Gasteiger partial charge is 0.493 e. The monoisotopic (exact) mass is 348 g/mol. The van der Waals surface area contributed by atoms with E-state index in [4.69, 9.17) is 25.2 Å². The number of rotatable bonds is 7. The summed E-state index contributed by atoms with van der Waals surface area (Å²) in [6.45, 7) is 0.405. The second-order valence-electron chi connectivity index (χ2n) is 4.99. The van der Waals surface area contributed by atoms with Crippen molar-refractivity contribution in [2.45, 2.75) is 19.1 Å². The topological polar surface area (TPSA) is 77.5 Å². The van der Waals surface area contributed by atoms with Crippen molar-refractivity contribution in [1.29, 1.82) is 5.26 Å². The average Bonchev–Trinajstić information content (AvgIpc) is 2.60. The van der Waals surface area contributed by atoms with Gasteiger partial charge < -0.3 is 19.9 Å². The number of halogens is 1. The van der Waals surface area contributed by atoms with Gasteiger partial charge in [0.2, 0.25) is 0 Å². The van der Waals surface area contributed by atoms with Gasteiger partial charge in [0.15, 0.2) is 11.5 Å². The first-order valence-electron chi connectivity index (χ1n) is 7.24. The van der Waals surface area contributed by atoms with Crippen LogP contribution in [0.2, 0.25) is 0 Å². The molecule has 0 aliphatic rings. The third kappa shape index (κ3) is 4.79. The van der Waals surface area contributed by atoms with Crippen molar-refractivity contribution in [3.8, 4) is 23.3 Å². The fraction of sp³-hybridized carbons (Fsp3) is 0.278. The van der Waals surface area contributed by atoms with Gasteiger partial charge >= 0.3 is 0 Å². The molecular formula is C18H21ClN2O3. The van der Waals surface area contributed by atoms with Crippen molar-refractivity contribution in [1.82, 2.24) is 0 Å². The number of hydrogen-bond acceptors (Lipinski definition) is 5. The van der Waals surface area contributed by atoms with Gasteiger partial charge in [-0.1, -0.05) is 30.3 Å². The summed E-state index contributed by atoms with van der Waals surface area (Å²) >= 11 is 0. The lowest BCUT2D eigenvalue weighted by Crippen LogP contribution is -2.12. The molecule has 0 heterocycles. The number of nitrogens with zero attached hydrogens (tertiary/aromatic N) is 1. The van der Waals surface area contributed by atoms with Crippen molar-refractivity contribution in [3.63, 3.8) is 0 Å². The maximum atomic E-state index is 8.90. The molecule has 2 aromatic carbocycles. The minimum atomic E-state index is -0.453. The van der Waals surface area contributed by atoms with Crippen LogP contribution in [0.25, 0.3) is 0 Å². The third-order valence-corrected chi connectivity index (χ3v) is 3.46. The first-order chi connectivity index (χ1) is 11.2. The van der Waals surface area contributed by atoms with E-state index < -0.39 is 6.04 Å². The lowest BCUT2D eigenvalue weighted by atomic mass is 10.0. The van der Waals surface area contributed by atoms with E-state index in [1.165, 1.54) is 0 Å². The summed E-state index contributed by atoms with van der Waals surface area (Å²) in [7, 11) is 3.12. The second-order valence-corrected chi connectivity index (χ2v) is 4.99. The van der Waals surface area contributed by atoms with Crippen molar-refractivity contribution in [2.75, 3.05) is 14.2 Å². The highest BCUT2D eigenvalue weighted by atomic mass is 35.5. The van der Waals surface area contributed by atoms with Crippen molar-refractivity contribution >= 4 is 12.4 Å². The smallest absolute Gasteiger partial charge is 0.164 e. The van der Waals surface area contributed by atoms with E-state index in [1.807, 2.05) is 30.3 Å². The Hall–Kier alpha value is -2.42. The second kappa shape index (κ2) is 9.66. The normalized spacial score (nSPS) is 10.9. The molecule has 0 radical (unpaired) electrons. The number of ether oxygens (including phenoxy) is 3. The minimum Gasteiger partial charge on any atom is -0.493 e. The van der Waals surface area contributed by atoms with Crippen LogP contribution >= 0.6 is 12.4 Å². The molecule has 0 saturated carbocycles. The summed E-state index contributed by atoms with van der Waals surface area (Å²) in [5, 5.41) is 8.90. The van der Waals surface area contributed by atoms with Crippen LogP contribution in [0.15, 0.2) is 42.5 Å². The maximum Gasteiger partial charge on any atom is 0.164 e. The molecule has 0 spiro atoms. The highest BCUT2D eigenvalue weighted by Gasteiger charge is 2.17. The van der Waals surface area contributed by atoms with Crippen LogP contribution in [-0.4, -0.2) is 14.2 Å². The first kappa shape index (κ1) is 19.6. The zero-order chi connectivity index (χ0) is 16.7. The Bertz CT molecular complexity index is 687. The molecular weight excluding hydrogens is 328 g/mol. The zero-order valence-electron chi connectivity index (χ0n) is 13.7. The van der Waals surface area contributed by atoms with E-state index in [2.05, 4.69) is 6.07 Å². The fourth-order valence-corrected chi connectivity index (χ4v) is 2.23. The first-order valence-corrected chi connectivity index (χ1v) is 7.24. The molecule has 0 aliphatic heterocycles. The van der Waals surface area contributed by atoms with Gasteiger partial charge in [-0.05, 0) is 11.6 Å². The van der Waals surface area contributed by atoms with Crippen molar-refractivity contribution < 1.29 is 14.2 Å². The van der Waals surface area contributed by atoms with Gasteiger partial charge in [0.25, 0.3) is 0 Å². The average molecular weight is 349 g/mol. The van der Waals surface area contributed by atoms with Gasteiger partial charge in [-0.25, -0.2) is 0 Å². The Balaban J connectivity index is 0.00000288. The van der Waals surface area contributed by atoms with Crippen LogP contribution in [0.1, 0.15) is 23.6 Å². The molecule has 2 aromatic rings. The summed E-state index contributed by atoms with van der Waals surface area (Å²) in [6.07, 6.45) is 0.192. The van der Waals surface area contributed by atoms with Gasteiger partial charge in [-0.2, -0.15) is 5.26 Å². The van der Waals surface area contributed by atoms with Crippen molar-refractivity contribution in [2.24, 2.45) is 5.73 Å². The summed E-state index contributed by atoms with van der Waals surface area (Å²) in [4.78, 5) is 0. The Labute approximate surface area is 148 Å². The minimum absolute atomic E-state index is 0. The molecule has 0 amide bonds. The van der Waals surface area contributed by atoms with Crippen molar-refractivity contribution in [3.05, 3.63) is 53.6 Å². The van der Waals surface area contributed by atoms with Crippen LogP contribution in [-0.2, 0) is 6.61 Å². The number of hydrogen-bond donors (Lipinski definition) is 1. The lowest BCUT2D eigenvalue weighted by molar-refractivity contribution is 0.295. The molecule has 128 valence electrons. The van der Waals surface area contributed by atoms with Gasteiger partial charge in [0, 0.05) is 17.7 Å². The third-order valence-electron chi connectivity index (χ3n) is 3.46. The summed E-state index contributed by atoms with van der Waals surface area (Å²) < 4.78 is 16.5. The molecule has 0 aliphatic carbocycles. The number of nitrogens with two attached hydrogens (primary N) is 1. The Morgan fingerprint density at radius 3 is 2.25 bits per heavy atom. The van der Waals surface area contributed by atoms with Crippen LogP contribution in [0, 0.1) is 11.3 Å². The molecule has 0 unspecified atom stereocenters. The quantitative estimate of drug-likeness (QED) is 0.826. The Morgan fingerprint density at radius 2 is 1.67 bits per heavy atom. The predicted molar refractivity (Wildman–Crippen MR) is 94.7 cm³/mol. The number of benzene rings is 2. The number of nitriles is 1. The molecule has 2 rings (SSSR count). The lowest BCUT2D eigenvalue weighted by Gasteiger charge is -2.18. The standard InChI is InChI=1S/C18H20N2O3.ClH/c1-21-17-10-14(15(20)8-9-19)16(11-18(17)22-2)23-12-13-6-4-3-5-7-13;/h3-7,10-11,15H,8,12,20H2,1-2H3;1H/t15-;/m0./s1. The zero-order valence-corrected chi connectivity index (χ0v) is 14.5. The van der Waals surface area contributed by atoms with E-state index >= 15 is 0 Å². The van der Waals surface area contributed by atoms with E-state index in [0.29, 0.717) is 23.9 Å². The molecule has 24 heavy (non-hydrogen) atoms. The maximum absolute atomic E-state index is 8.90. The van der Waals surface area contributed by atoms with E-state index in [0.717, 1.165) is 11.1 Å². The summed E-state index contributed by atoms with van der Waals surface area (Å²) in [5.74, 6) is 1.71. The fourth-order valence-electron chi connectivity index (χ4n) is 2.23. The highest BCUT2D eigenvalue weighted by Crippen LogP contribution is 2.38. The molecule has 6 heteroatoms. The number of methoxy groups -OCH3 is 2.